The SMILES string of the molecule is CC[C@@H]1[C@@H]2C[C@@H](O)CC[C@@H]2C2CC[C@@]3(C)C(CC[C@@H]3[C@H](C)CCCO)C2[C@H]1O. The van der Waals surface area contributed by atoms with E-state index in [0.717, 1.165) is 43.9 Å². The van der Waals surface area contributed by atoms with Crippen molar-refractivity contribution < 1.29 is 15.3 Å². The standard InChI is InChI=1S/C25H44O3/c1-4-17-20-14-16(27)7-8-18(20)19-11-12-25(3)21(15(2)6-5-13-26)9-10-22(25)23(19)24(17)28/h15-24,26-28H,4-14H2,1-3H3/t15-,16+,17-,18-,19?,20+,21-,22?,23?,24+,25-/m1/s1. The van der Waals surface area contributed by atoms with Gasteiger partial charge in [-0.05, 0) is 111 Å². The Labute approximate surface area is 172 Å². The molecule has 0 spiro atoms. The van der Waals surface area contributed by atoms with Gasteiger partial charge in [0, 0.05) is 6.61 Å². The lowest BCUT2D eigenvalue weighted by atomic mass is 9.46. The highest BCUT2D eigenvalue weighted by atomic mass is 16.3. The maximum atomic E-state index is 11.6. The summed E-state index contributed by atoms with van der Waals surface area (Å²) >= 11 is 0. The molecule has 4 aliphatic rings. The Hall–Kier alpha value is -0.120. The summed E-state index contributed by atoms with van der Waals surface area (Å²) in [5, 5.41) is 31.2. The van der Waals surface area contributed by atoms with Crippen LogP contribution >= 0.6 is 0 Å². The Morgan fingerprint density at radius 3 is 2.50 bits per heavy atom. The Morgan fingerprint density at radius 2 is 1.79 bits per heavy atom. The van der Waals surface area contributed by atoms with Crippen LogP contribution in [0.25, 0.3) is 0 Å². The van der Waals surface area contributed by atoms with Crippen LogP contribution in [-0.4, -0.2) is 34.1 Å². The van der Waals surface area contributed by atoms with Crippen LogP contribution < -0.4 is 0 Å². The fraction of sp³-hybridized carbons (Fsp3) is 1.00. The van der Waals surface area contributed by atoms with Gasteiger partial charge in [-0.25, -0.2) is 0 Å². The summed E-state index contributed by atoms with van der Waals surface area (Å²) in [5.41, 5.74) is 0.371. The summed E-state index contributed by atoms with van der Waals surface area (Å²) in [4.78, 5) is 0. The molecule has 3 nitrogen and oxygen atoms in total. The average Bonchev–Trinajstić information content (AvgIpc) is 3.03. The topological polar surface area (TPSA) is 60.7 Å². The highest BCUT2D eigenvalue weighted by Crippen LogP contribution is 2.66. The Balaban J connectivity index is 1.58. The third-order valence-corrected chi connectivity index (χ3v) is 10.3. The number of aliphatic hydroxyl groups excluding tert-OH is 3. The minimum atomic E-state index is -0.169. The number of rotatable bonds is 5. The van der Waals surface area contributed by atoms with Gasteiger partial charge in [0.05, 0.1) is 12.2 Å². The summed E-state index contributed by atoms with van der Waals surface area (Å²) in [6.45, 7) is 7.52. The van der Waals surface area contributed by atoms with Crippen LogP contribution in [0.5, 0.6) is 0 Å². The van der Waals surface area contributed by atoms with Crippen molar-refractivity contribution in [2.75, 3.05) is 6.61 Å². The van der Waals surface area contributed by atoms with Gasteiger partial charge in [-0.15, -0.1) is 0 Å². The summed E-state index contributed by atoms with van der Waals surface area (Å²) in [6, 6.07) is 0. The number of aliphatic hydroxyl groups is 3. The summed E-state index contributed by atoms with van der Waals surface area (Å²) in [5.74, 6) is 4.92. The molecule has 11 atom stereocenters. The van der Waals surface area contributed by atoms with Gasteiger partial charge in [0.2, 0.25) is 0 Å². The second-order valence-electron chi connectivity index (χ2n) is 11.3. The van der Waals surface area contributed by atoms with Crippen LogP contribution in [0.15, 0.2) is 0 Å². The molecule has 0 amide bonds. The molecule has 0 aromatic heterocycles. The van der Waals surface area contributed by atoms with E-state index in [0.29, 0.717) is 47.5 Å². The highest BCUT2D eigenvalue weighted by molar-refractivity contribution is 5.10. The van der Waals surface area contributed by atoms with E-state index >= 15 is 0 Å². The van der Waals surface area contributed by atoms with Gasteiger partial charge in [-0.2, -0.15) is 0 Å². The van der Waals surface area contributed by atoms with Crippen molar-refractivity contribution in [3.05, 3.63) is 0 Å². The third kappa shape index (κ3) is 3.28. The van der Waals surface area contributed by atoms with Gasteiger partial charge in [0.1, 0.15) is 0 Å². The molecular formula is C25H44O3. The van der Waals surface area contributed by atoms with Crippen molar-refractivity contribution >= 4 is 0 Å². The van der Waals surface area contributed by atoms with E-state index in [1.807, 2.05) is 0 Å². The first-order valence-electron chi connectivity index (χ1n) is 12.4. The van der Waals surface area contributed by atoms with Crippen molar-refractivity contribution in [2.45, 2.75) is 97.2 Å². The van der Waals surface area contributed by atoms with Crippen LogP contribution in [0, 0.1) is 52.8 Å². The second-order valence-corrected chi connectivity index (χ2v) is 11.3. The number of fused-ring (bicyclic) bond motifs is 5. The number of hydrogen-bond donors (Lipinski definition) is 3. The van der Waals surface area contributed by atoms with Gasteiger partial charge >= 0.3 is 0 Å². The molecule has 162 valence electrons. The van der Waals surface area contributed by atoms with E-state index in [9.17, 15) is 15.3 Å². The molecule has 4 rings (SSSR count). The van der Waals surface area contributed by atoms with Gasteiger partial charge < -0.3 is 15.3 Å². The molecule has 4 aliphatic carbocycles. The zero-order valence-electron chi connectivity index (χ0n) is 18.4. The smallest absolute Gasteiger partial charge is 0.0604 e. The average molecular weight is 393 g/mol. The molecule has 3 unspecified atom stereocenters. The lowest BCUT2D eigenvalue weighted by Crippen LogP contribution is -2.58. The van der Waals surface area contributed by atoms with Crippen LogP contribution in [-0.2, 0) is 0 Å². The van der Waals surface area contributed by atoms with Crippen LogP contribution in [0.2, 0.25) is 0 Å². The maximum Gasteiger partial charge on any atom is 0.0604 e. The van der Waals surface area contributed by atoms with Crippen molar-refractivity contribution in [1.82, 2.24) is 0 Å². The van der Waals surface area contributed by atoms with Crippen molar-refractivity contribution in [3.63, 3.8) is 0 Å². The molecule has 0 aromatic rings. The van der Waals surface area contributed by atoms with E-state index in [1.54, 1.807) is 0 Å². The van der Waals surface area contributed by atoms with Crippen LogP contribution in [0.4, 0.5) is 0 Å². The minimum absolute atomic E-state index is 0.142. The maximum absolute atomic E-state index is 11.6. The van der Waals surface area contributed by atoms with Gasteiger partial charge in [-0.3, -0.25) is 0 Å². The Kier molecular flexibility index (Phi) is 6.18. The van der Waals surface area contributed by atoms with Crippen molar-refractivity contribution in [3.8, 4) is 0 Å². The molecule has 28 heavy (non-hydrogen) atoms. The largest absolute Gasteiger partial charge is 0.396 e. The zero-order valence-corrected chi connectivity index (χ0v) is 18.4. The zero-order chi connectivity index (χ0) is 20.1. The van der Waals surface area contributed by atoms with Gasteiger partial charge in [0.15, 0.2) is 0 Å². The minimum Gasteiger partial charge on any atom is -0.396 e. The summed E-state index contributed by atoms with van der Waals surface area (Å²) < 4.78 is 0. The van der Waals surface area contributed by atoms with E-state index in [-0.39, 0.29) is 12.2 Å². The predicted molar refractivity (Wildman–Crippen MR) is 113 cm³/mol. The fourth-order valence-corrected chi connectivity index (χ4v) is 9.12. The summed E-state index contributed by atoms with van der Waals surface area (Å²) in [7, 11) is 0. The molecule has 0 radical (unpaired) electrons. The molecule has 0 aliphatic heterocycles. The molecule has 4 fully saturated rings. The molecule has 4 saturated carbocycles. The van der Waals surface area contributed by atoms with Gasteiger partial charge in [0.25, 0.3) is 0 Å². The molecule has 0 saturated heterocycles. The number of hydrogen-bond acceptors (Lipinski definition) is 3. The second kappa shape index (κ2) is 8.19. The first-order valence-corrected chi connectivity index (χ1v) is 12.4. The van der Waals surface area contributed by atoms with E-state index in [4.69, 9.17) is 0 Å². The van der Waals surface area contributed by atoms with Crippen LogP contribution in [0.1, 0.15) is 85.0 Å². The molecular weight excluding hydrogens is 348 g/mol. The van der Waals surface area contributed by atoms with Gasteiger partial charge in [-0.1, -0.05) is 27.2 Å². The molecule has 3 N–H and O–H groups in total. The predicted octanol–water partition coefficient (Wildman–Crippen LogP) is 4.63. The van der Waals surface area contributed by atoms with E-state index in [2.05, 4.69) is 20.8 Å². The monoisotopic (exact) mass is 392 g/mol. The van der Waals surface area contributed by atoms with Crippen molar-refractivity contribution in [2.24, 2.45) is 52.8 Å². The lowest BCUT2D eigenvalue weighted by Gasteiger charge is -2.60. The van der Waals surface area contributed by atoms with E-state index < -0.39 is 0 Å². The molecule has 0 bridgehead atoms. The summed E-state index contributed by atoms with van der Waals surface area (Å²) in [6.07, 6.45) is 11.1. The lowest BCUT2D eigenvalue weighted by molar-refractivity contribution is -0.167. The quantitative estimate of drug-likeness (QED) is 0.639. The normalized spacial score (nSPS) is 51.9. The first-order chi connectivity index (χ1) is 13.4. The van der Waals surface area contributed by atoms with Crippen molar-refractivity contribution in [1.29, 1.82) is 0 Å². The molecule has 0 aromatic carbocycles. The molecule has 3 heteroatoms. The highest BCUT2D eigenvalue weighted by Gasteiger charge is 2.61. The molecule has 0 heterocycles. The fourth-order valence-electron chi connectivity index (χ4n) is 9.12. The third-order valence-electron chi connectivity index (χ3n) is 10.3. The van der Waals surface area contributed by atoms with E-state index in [1.165, 1.54) is 32.1 Å². The Bertz CT molecular complexity index is 536. The van der Waals surface area contributed by atoms with Crippen LogP contribution in [0.3, 0.4) is 0 Å². The first kappa shape index (κ1) is 21.1. The Morgan fingerprint density at radius 1 is 1.00 bits per heavy atom.